The Hall–Kier alpha value is -2.60. The third-order valence-electron chi connectivity index (χ3n) is 4.03. The summed E-state index contributed by atoms with van der Waals surface area (Å²) in [5, 5.41) is 14.7. The predicted octanol–water partition coefficient (Wildman–Crippen LogP) is 2.31. The molecule has 1 aromatic heterocycles. The average Bonchev–Trinajstić information content (AvgIpc) is 2.93. The van der Waals surface area contributed by atoms with Gasteiger partial charge < -0.3 is 20.7 Å². The number of H-pyrrole nitrogens is 1. The van der Waals surface area contributed by atoms with Crippen molar-refractivity contribution in [3.05, 3.63) is 52.8 Å². The summed E-state index contributed by atoms with van der Waals surface area (Å²) < 4.78 is 0. The van der Waals surface area contributed by atoms with Crippen molar-refractivity contribution < 1.29 is 14.7 Å². The number of benzene rings is 1. The van der Waals surface area contributed by atoms with Crippen LogP contribution in [-0.2, 0) is 11.2 Å². The number of aliphatic hydroxyl groups is 1. The van der Waals surface area contributed by atoms with Crippen LogP contribution >= 0.6 is 0 Å². The highest BCUT2D eigenvalue weighted by atomic mass is 16.3. The van der Waals surface area contributed by atoms with E-state index in [4.69, 9.17) is 5.11 Å². The summed E-state index contributed by atoms with van der Waals surface area (Å²) in [7, 11) is 0. The zero-order valence-electron chi connectivity index (χ0n) is 14.8. The second-order valence-corrected chi connectivity index (χ2v) is 6.19. The van der Waals surface area contributed by atoms with Crippen molar-refractivity contribution in [2.75, 3.05) is 11.9 Å². The molecular weight excluding hydrogens is 318 g/mol. The topological polar surface area (TPSA) is 94.2 Å². The lowest BCUT2D eigenvalue weighted by Gasteiger charge is -2.14. The Labute approximate surface area is 147 Å². The van der Waals surface area contributed by atoms with E-state index < -0.39 is 0 Å². The number of carbonyl (C=O) groups is 2. The maximum Gasteiger partial charge on any atom is 0.272 e. The van der Waals surface area contributed by atoms with Gasteiger partial charge in [0, 0.05) is 11.4 Å². The number of aromatic nitrogens is 1. The molecule has 2 amide bonds. The molecule has 1 aromatic carbocycles. The first kappa shape index (κ1) is 18.7. The summed E-state index contributed by atoms with van der Waals surface area (Å²) in [4.78, 5) is 27.2. The normalized spacial score (nSPS) is 11.8. The fourth-order valence-corrected chi connectivity index (χ4v) is 2.61. The van der Waals surface area contributed by atoms with E-state index in [1.54, 1.807) is 12.1 Å². The van der Waals surface area contributed by atoms with E-state index in [0.717, 1.165) is 16.8 Å². The Balaban J connectivity index is 1.94. The number of anilines is 1. The first-order chi connectivity index (χ1) is 11.9. The molecule has 0 aliphatic carbocycles. The lowest BCUT2D eigenvalue weighted by Crippen LogP contribution is -2.37. The number of hydrogen-bond donors (Lipinski definition) is 4. The summed E-state index contributed by atoms with van der Waals surface area (Å²) in [5.74, 6) is -0.319. The van der Waals surface area contributed by atoms with E-state index in [1.807, 2.05) is 39.0 Å². The van der Waals surface area contributed by atoms with Gasteiger partial charge in [0.15, 0.2) is 0 Å². The van der Waals surface area contributed by atoms with Crippen molar-refractivity contribution in [2.45, 2.75) is 39.7 Å². The Morgan fingerprint density at radius 2 is 1.88 bits per heavy atom. The molecule has 0 spiro atoms. The zero-order valence-corrected chi connectivity index (χ0v) is 14.8. The molecule has 0 bridgehead atoms. The van der Waals surface area contributed by atoms with E-state index in [9.17, 15) is 9.59 Å². The van der Waals surface area contributed by atoms with Crippen molar-refractivity contribution >= 4 is 17.5 Å². The average molecular weight is 343 g/mol. The molecule has 0 radical (unpaired) electrons. The minimum Gasteiger partial charge on any atom is -0.394 e. The fraction of sp³-hybridized carbons (Fsp3) is 0.368. The van der Waals surface area contributed by atoms with Gasteiger partial charge in [-0.1, -0.05) is 19.1 Å². The summed E-state index contributed by atoms with van der Waals surface area (Å²) in [6, 6.07) is 8.87. The summed E-state index contributed by atoms with van der Waals surface area (Å²) in [6.07, 6.45) is 0.921. The van der Waals surface area contributed by atoms with Gasteiger partial charge >= 0.3 is 0 Å². The first-order valence-corrected chi connectivity index (χ1v) is 8.39. The van der Waals surface area contributed by atoms with Crippen LogP contribution < -0.4 is 10.6 Å². The number of amides is 2. The van der Waals surface area contributed by atoms with Crippen LogP contribution in [0.5, 0.6) is 0 Å². The minimum atomic E-state index is -0.210. The highest BCUT2D eigenvalue weighted by Crippen LogP contribution is 2.14. The zero-order chi connectivity index (χ0) is 18.4. The fourth-order valence-electron chi connectivity index (χ4n) is 2.61. The second kappa shape index (κ2) is 8.48. The Morgan fingerprint density at radius 3 is 2.40 bits per heavy atom. The number of carbonyl (C=O) groups excluding carboxylic acids is 2. The van der Waals surface area contributed by atoms with Crippen LogP contribution in [0, 0.1) is 13.8 Å². The van der Waals surface area contributed by atoms with Gasteiger partial charge in [-0.15, -0.1) is 0 Å². The van der Waals surface area contributed by atoms with Crippen LogP contribution in [0.15, 0.2) is 30.3 Å². The maximum atomic E-state index is 12.3. The number of aromatic amines is 1. The molecule has 4 N–H and O–H groups in total. The molecule has 1 unspecified atom stereocenters. The van der Waals surface area contributed by atoms with Gasteiger partial charge in [0.25, 0.3) is 5.91 Å². The Morgan fingerprint density at radius 1 is 1.20 bits per heavy atom. The number of hydrogen-bond acceptors (Lipinski definition) is 3. The molecule has 2 rings (SSSR count). The monoisotopic (exact) mass is 343 g/mol. The molecule has 0 saturated carbocycles. The van der Waals surface area contributed by atoms with Crippen molar-refractivity contribution in [3.8, 4) is 0 Å². The van der Waals surface area contributed by atoms with Crippen LogP contribution in [0.25, 0.3) is 0 Å². The van der Waals surface area contributed by atoms with E-state index >= 15 is 0 Å². The van der Waals surface area contributed by atoms with Gasteiger partial charge in [-0.05, 0) is 49.6 Å². The molecule has 2 aromatic rings. The largest absolute Gasteiger partial charge is 0.394 e. The van der Waals surface area contributed by atoms with Gasteiger partial charge in [0.1, 0.15) is 5.69 Å². The van der Waals surface area contributed by atoms with Gasteiger partial charge in [0.2, 0.25) is 5.91 Å². The van der Waals surface area contributed by atoms with Gasteiger partial charge in [-0.25, -0.2) is 0 Å². The van der Waals surface area contributed by atoms with Crippen molar-refractivity contribution in [2.24, 2.45) is 0 Å². The molecular formula is C19H25N3O3. The molecule has 6 nitrogen and oxygen atoms in total. The van der Waals surface area contributed by atoms with Gasteiger partial charge in [-0.3, -0.25) is 9.59 Å². The molecule has 6 heteroatoms. The number of aliphatic hydroxyl groups excluding tert-OH is 1. The summed E-state index contributed by atoms with van der Waals surface area (Å²) in [5.41, 5.74) is 3.91. The first-order valence-electron chi connectivity index (χ1n) is 8.39. The number of aryl methyl sites for hydroxylation is 2. The lowest BCUT2D eigenvalue weighted by molar-refractivity contribution is -0.121. The molecule has 25 heavy (non-hydrogen) atoms. The molecule has 1 heterocycles. The van der Waals surface area contributed by atoms with E-state index in [-0.39, 0.29) is 30.9 Å². The molecule has 0 saturated heterocycles. The molecule has 1 atom stereocenters. The van der Waals surface area contributed by atoms with Crippen LogP contribution in [0.2, 0.25) is 0 Å². The van der Waals surface area contributed by atoms with Gasteiger partial charge in [-0.2, -0.15) is 0 Å². The minimum absolute atomic E-state index is 0.0646. The van der Waals surface area contributed by atoms with Crippen LogP contribution in [-0.4, -0.2) is 34.6 Å². The highest BCUT2D eigenvalue weighted by Gasteiger charge is 2.12. The third kappa shape index (κ3) is 5.19. The molecule has 0 fully saturated rings. The smallest absolute Gasteiger partial charge is 0.272 e. The van der Waals surface area contributed by atoms with Crippen molar-refractivity contribution in [3.63, 3.8) is 0 Å². The molecule has 0 aliphatic rings. The highest BCUT2D eigenvalue weighted by molar-refractivity contribution is 6.04. The number of nitrogens with one attached hydrogen (secondary N) is 3. The van der Waals surface area contributed by atoms with E-state index in [0.29, 0.717) is 17.8 Å². The summed E-state index contributed by atoms with van der Waals surface area (Å²) in [6.45, 7) is 5.64. The Bertz CT molecular complexity index is 731. The predicted molar refractivity (Wildman–Crippen MR) is 97.7 cm³/mol. The van der Waals surface area contributed by atoms with Crippen LogP contribution in [0.3, 0.4) is 0 Å². The molecule has 0 aliphatic heterocycles. The quantitative estimate of drug-likeness (QED) is 0.621. The lowest BCUT2D eigenvalue weighted by atomic mass is 10.1. The molecule has 134 valence electrons. The standard InChI is InChI=1S/C19H25N3O3/c1-4-15(11-23)21-17(24)10-14-5-7-16(8-6-14)22-19(25)18-12(2)9-13(3)20-18/h5-9,15,20,23H,4,10-11H2,1-3H3,(H,21,24)(H,22,25). The van der Waals surface area contributed by atoms with Crippen molar-refractivity contribution in [1.29, 1.82) is 0 Å². The van der Waals surface area contributed by atoms with Crippen LogP contribution in [0.1, 0.15) is 40.7 Å². The third-order valence-corrected chi connectivity index (χ3v) is 4.03. The summed E-state index contributed by atoms with van der Waals surface area (Å²) >= 11 is 0. The Kier molecular flexibility index (Phi) is 6.36. The van der Waals surface area contributed by atoms with Crippen LogP contribution in [0.4, 0.5) is 5.69 Å². The SMILES string of the molecule is CCC(CO)NC(=O)Cc1ccc(NC(=O)c2[nH]c(C)cc2C)cc1. The second-order valence-electron chi connectivity index (χ2n) is 6.19. The van der Waals surface area contributed by atoms with E-state index in [1.165, 1.54) is 0 Å². The maximum absolute atomic E-state index is 12.3. The van der Waals surface area contributed by atoms with Gasteiger partial charge in [0.05, 0.1) is 19.1 Å². The van der Waals surface area contributed by atoms with Crippen molar-refractivity contribution in [1.82, 2.24) is 10.3 Å². The van der Waals surface area contributed by atoms with E-state index in [2.05, 4.69) is 15.6 Å². The number of rotatable bonds is 7.